The Kier molecular flexibility index (Phi) is 4.64. The van der Waals surface area contributed by atoms with Crippen molar-refractivity contribution in [1.82, 2.24) is 19.3 Å². The van der Waals surface area contributed by atoms with Crippen molar-refractivity contribution in [2.75, 3.05) is 0 Å². The Hall–Kier alpha value is -4.06. The van der Waals surface area contributed by atoms with E-state index in [9.17, 15) is 9.59 Å². The van der Waals surface area contributed by atoms with E-state index in [0.717, 1.165) is 54.2 Å². The highest BCUT2D eigenvalue weighted by Gasteiger charge is 2.23. The molecule has 6 rings (SSSR count). The molecule has 0 radical (unpaired) electrons. The molecule has 0 saturated heterocycles. The minimum Gasteiger partial charge on any atom is -0.311 e. The lowest BCUT2D eigenvalue weighted by molar-refractivity contribution is 0.0961. The summed E-state index contributed by atoms with van der Waals surface area (Å²) in [6.45, 7) is 0.775. The maximum Gasteiger partial charge on any atom is 0.269 e. The van der Waals surface area contributed by atoms with Crippen molar-refractivity contribution in [3.8, 4) is 11.4 Å². The summed E-state index contributed by atoms with van der Waals surface area (Å²) >= 11 is 0. The fourth-order valence-corrected chi connectivity index (χ4v) is 4.82. The van der Waals surface area contributed by atoms with Gasteiger partial charge in [-0.25, -0.2) is 4.57 Å². The van der Waals surface area contributed by atoms with E-state index in [0.29, 0.717) is 22.5 Å². The SMILES string of the molecule is O=C(c1ccccc1)n1c(=O)c(-c2nnc3n2CCCCC3)cc2c3ccccc3ccc21. The normalized spacial score (nSPS) is 13.7. The van der Waals surface area contributed by atoms with Crippen LogP contribution in [0, 0.1) is 0 Å². The van der Waals surface area contributed by atoms with Crippen LogP contribution >= 0.6 is 0 Å². The van der Waals surface area contributed by atoms with Gasteiger partial charge in [-0.2, -0.15) is 0 Å². The van der Waals surface area contributed by atoms with Gasteiger partial charge >= 0.3 is 0 Å². The van der Waals surface area contributed by atoms with Gasteiger partial charge in [-0.15, -0.1) is 10.2 Å². The maximum absolute atomic E-state index is 13.9. The van der Waals surface area contributed by atoms with Gasteiger partial charge in [-0.05, 0) is 47.9 Å². The van der Waals surface area contributed by atoms with Crippen LogP contribution in [0.15, 0.2) is 77.6 Å². The van der Waals surface area contributed by atoms with Crippen LogP contribution in [0.3, 0.4) is 0 Å². The predicted molar refractivity (Wildman–Crippen MR) is 128 cm³/mol. The number of fused-ring (bicyclic) bond motifs is 4. The Morgan fingerprint density at radius 1 is 0.818 bits per heavy atom. The highest BCUT2D eigenvalue weighted by Crippen LogP contribution is 2.29. The molecule has 6 heteroatoms. The fraction of sp³-hybridized carbons (Fsp3) is 0.185. The monoisotopic (exact) mass is 434 g/mol. The quantitative estimate of drug-likeness (QED) is 0.373. The Morgan fingerprint density at radius 3 is 2.52 bits per heavy atom. The molecule has 2 aromatic heterocycles. The molecule has 0 saturated carbocycles. The first-order valence-corrected chi connectivity index (χ1v) is 11.3. The van der Waals surface area contributed by atoms with Crippen LogP contribution in [0.5, 0.6) is 0 Å². The molecule has 0 bridgehead atoms. The van der Waals surface area contributed by atoms with Crippen molar-refractivity contribution < 1.29 is 4.79 Å². The molecule has 0 amide bonds. The van der Waals surface area contributed by atoms with Gasteiger partial charge in [0.15, 0.2) is 5.82 Å². The molecule has 0 spiro atoms. The van der Waals surface area contributed by atoms with Crippen molar-refractivity contribution in [2.45, 2.75) is 32.2 Å². The van der Waals surface area contributed by atoms with Crippen molar-refractivity contribution >= 4 is 27.6 Å². The molecule has 3 aromatic carbocycles. The van der Waals surface area contributed by atoms with E-state index >= 15 is 0 Å². The zero-order valence-electron chi connectivity index (χ0n) is 18.1. The van der Waals surface area contributed by atoms with E-state index in [4.69, 9.17) is 0 Å². The summed E-state index contributed by atoms with van der Waals surface area (Å²) in [5.74, 6) is 1.10. The fourth-order valence-electron chi connectivity index (χ4n) is 4.82. The van der Waals surface area contributed by atoms with Gasteiger partial charge in [0.2, 0.25) is 0 Å². The molecule has 1 aliphatic heterocycles. The topological polar surface area (TPSA) is 69.8 Å². The van der Waals surface area contributed by atoms with Crippen LogP contribution in [-0.4, -0.2) is 25.2 Å². The Balaban J connectivity index is 1.70. The highest BCUT2D eigenvalue weighted by atomic mass is 16.2. The van der Waals surface area contributed by atoms with Gasteiger partial charge in [-0.1, -0.05) is 55.0 Å². The largest absolute Gasteiger partial charge is 0.311 e. The summed E-state index contributed by atoms with van der Waals surface area (Å²) in [5.41, 5.74) is 1.09. The van der Waals surface area contributed by atoms with E-state index in [1.807, 2.05) is 48.5 Å². The number of hydrogen-bond donors (Lipinski definition) is 0. The summed E-state index contributed by atoms with van der Waals surface area (Å²) in [4.78, 5) is 27.5. The number of aromatic nitrogens is 4. The number of benzene rings is 3. The zero-order valence-corrected chi connectivity index (χ0v) is 18.1. The molecule has 6 nitrogen and oxygen atoms in total. The lowest BCUT2D eigenvalue weighted by atomic mass is 10.0. The van der Waals surface area contributed by atoms with Crippen molar-refractivity contribution in [3.63, 3.8) is 0 Å². The molecule has 0 aliphatic carbocycles. The number of nitrogens with zero attached hydrogens (tertiary/aromatic N) is 4. The smallest absolute Gasteiger partial charge is 0.269 e. The molecular weight excluding hydrogens is 412 g/mol. The van der Waals surface area contributed by atoms with E-state index in [-0.39, 0.29) is 11.5 Å². The minimum atomic E-state index is -0.369. The van der Waals surface area contributed by atoms with Crippen molar-refractivity contribution in [1.29, 1.82) is 0 Å². The Labute approximate surface area is 190 Å². The molecule has 33 heavy (non-hydrogen) atoms. The molecule has 0 fully saturated rings. The van der Waals surface area contributed by atoms with Crippen molar-refractivity contribution in [3.05, 3.63) is 94.5 Å². The number of pyridine rings is 1. The molecule has 3 heterocycles. The number of rotatable bonds is 2. The van der Waals surface area contributed by atoms with E-state index < -0.39 is 0 Å². The first kappa shape index (κ1) is 19.6. The summed E-state index contributed by atoms with van der Waals surface area (Å²) in [5, 5.41) is 11.7. The van der Waals surface area contributed by atoms with Gasteiger partial charge < -0.3 is 4.57 Å². The van der Waals surface area contributed by atoms with E-state index in [1.165, 1.54) is 4.57 Å². The van der Waals surface area contributed by atoms with Gasteiger partial charge in [-0.3, -0.25) is 9.59 Å². The average molecular weight is 434 g/mol. The van der Waals surface area contributed by atoms with Gasteiger partial charge in [0, 0.05) is 23.9 Å². The maximum atomic E-state index is 13.9. The standard InChI is InChI=1S/C27H22N4O2/c32-26(19-10-3-1-4-11-19)31-23-15-14-18-9-6-7-12-20(18)21(23)17-22(27(31)33)25-29-28-24-13-5-2-8-16-30(24)25/h1,3-4,6-7,9-12,14-15,17H,2,5,8,13,16H2. The highest BCUT2D eigenvalue weighted by molar-refractivity contribution is 6.11. The van der Waals surface area contributed by atoms with Crippen LogP contribution in [0.1, 0.15) is 35.4 Å². The number of carbonyl (C=O) groups is 1. The molecular formula is C27H22N4O2. The summed E-state index contributed by atoms with van der Waals surface area (Å²) in [6.07, 6.45) is 4.06. The lowest BCUT2D eigenvalue weighted by Gasteiger charge is -2.14. The average Bonchev–Trinajstić information content (AvgIpc) is 3.10. The molecule has 5 aromatic rings. The molecule has 0 unspecified atom stereocenters. The predicted octanol–water partition coefficient (Wildman–Crippen LogP) is 4.83. The van der Waals surface area contributed by atoms with Crippen LogP contribution < -0.4 is 5.56 Å². The van der Waals surface area contributed by atoms with E-state index in [2.05, 4.69) is 14.8 Å². The molecule has 1 aliphatic rings. The van der Waals surface area contributed by atoms with Crippen molar-refractivity contribution in [2.24, 2.45) is 0 Å². The van der Waals surface area contributed by atoms with Crippen LogP contribution in [0.4, 0.5) is 0 Å². The summed E-state index contributed by atoms with van der Waals surface area (Å²) < 4.78 is 3.35. The Bertz CT molecular complexity index is 1580. The Morgan fingerprint density at radius 2 is 1.64 bits per heavy atom. The lowest BCUT2D eigenvalue weighted by Crippen LogP contribution is -2.29. The second-order valence-electron chi connectivity index (χ2n) is 8.49. The van der Waals surface area contributed by atoms with E-state index in [1.54, 1.807) is 24.3 Å². The van der Waals surface area contributed by atoms with Crippen LogP contribution in [0.2, 0.25) is 0 Å². The number of hydrogen-bond acceptors (Lipinski definition) is 4. The second-order valence-corrected chi connectivity index (χ2v) is 8.49. The van der Waals surface area contributed by atoms with Crippen LogP contribution in [0.25, 0.3) is 33.1 Å². The third-order valence-corrected chi connectivity index (χ3v) is 6.48. The van der Waals surface area contributed by atoms with Crippen LogP contribution in [-0.2, 0) is 13.0 Å². The van der Waals surface area contributed by atoms with Gasteiger partial charge in [0.05, 0.1) is 11.1 Å². The molecule has 0 atom stereocenters. The van der Waals surface area contributed by atoms with Gasteiger partial charge in [0.25, 0.3) is 11.5 Å². The van der Waals surface area contributed by atoms with Gasteiger partial charge in [0.1, 0.15) is 5.82 Å². The zero-order chi connectivity index (χ0) is 22.4. The summed E-state index contributed by atoms with van der Waals surface area (Å²) in [7, 11) is 0. The molecule has 0 N–H and O–H groups in total. The number of carbonyl (C=O) groups excluding carboxylic acids is 1. The minimum absolute atomic E-state index is 0.349. The second kappa shape index (κ2) is 7.81. The number of aryl methyl sites for hydroxylation is 1. The summed E-state index contributed by atoms with van der Waals surface area (Å²) in [6, 6.07) is 22.6. The third-order valence-electron chi connectivity index (χ3n) is 6.48. The first-order valence-electron chi connectivity index (χ1n) is 11.3. The third kappa shape index (κ3) is 3.18. The first-order chi connectivity index (χ1) is 16.2. The molecule has 162 valence electrons.